The largest absolute Gasteiger partial charge is 0.345 e. The van der Waals surface area contributed by atoms with E-state index in [0.717, 1.165) is 14.9 Å². The van der Waals surface area contributed by atoms with E-state index >= 15 is 0 Å². The molecule has 2 nitrogen and oxygen atoms in total. The molecule has 1 aromatic carbocycles. The third-order valence-corrected chi connectivity index (χ3v) is 4.21. The highest BCUT2D eigenvalue weighted by Crippen LogP contribution is 2.18. The fraction of sp³-hybridized carbons (Fsp3) is 0.133. The summed E-state index contributed by atoms with van der Waals surface area (Å²) in [6.45, 7) is 1.98. The summed E-state index contributed by atoms with van der Waals surface area (Å²) in [6, 6.07) is 11.9. The maximum atomic E-state index is 11.8. The normalized spacial score (nSPS) is 12.5. The summed E-state index contributed by atoms with van der Waals surface area (Å²) in [5.74, 6) is -0.0798. The van der Waals surface area contributed by atoms with Crippen molar-refractivity contribution in [3.05, 3.63) is 62.8 Å². The average Bonchev–Trinajstić information content (AvgIpc) is 2.92. The minimum absolute atomic E-state index is 0.0436. The zero-order valence-corrected chi connectivity index (χ0v) is 12.9. The molecule has 1 aromatic heterocycles. The Balaban J connectivity index is 1.92. The van der Waals surface area contributed by atoms with E-state index in [-0.39, 0.29) is 11.9 Å². The summed E-state index contributed by atoms with van der Waals surface area (Å²) in [5.41, 5.74) is 1.00. The SMILES string of the molecule is CC(NC(=O)/C=C/c1ccc(Br)cc1)c1cccs1. The topological polar surface area (TPSA) is 29.1 Å². The van der Waals surface area contributed by atoms with Gasteiger partial charge in [0.25, 0.3) is 0 Å². The van der Waals surface area contributed by atoms with Gasteiger partial charge in [-0.2, -0.15) is 0 Å². The Morgan fingerprint density at radius 1 is 1.32 bits per heavy atom. The molecule has 2 rings (SSSR count). The van der Waals surface area contributed by atoms with Crippen molar-refractivity contribution < 1.29 is 4.79 Å². The van der Waals surface area contributed by atoms with Crippen LogP contribution in [-0.4, -0.2) is 5.91 Å². The lowest BCUT2D eigenvalue weighted by atomic mass is 10.2. The first-order valence-electron chi connectivity index (χ1n) is 5.93. The highest BCUT2D eigenvalue weighted by molar-refractivity contribution is 9.10. The van der Waals surface area contributed by atoms with Crippen molar-refractivity contribution in [3.63, 3.8) is 0 Å². The van der Waals surface area contributed by atoms with Gasteiger partial charge < -0.3 is 5.32 Å². The van der Waals surface area contributed by atoms with Crippen molar-refractivity contribution in [3.8, 4) is 0 Å². The highest BCUT2D eigenvalue weighted by Gasteiger charge is 2.07. The van der Waals surface area contributed by atoms with Crippen LogP contribution in [0.4, 0.5) is 0 Å². The monoisotopic (exact) mass is 335 g/mol. The van der Waals surface area contributed by atoms with Gasteiger partial charge in [0, 0.05) is 15.4 Å². The van der Waals surface area contributed by atoms with Gasteiger partial charge in [-0.1, -0.05) is 34.1 Å². The summed E-state index contributed by atoms with van der Waals surface area (Å²) in [6.07, 6.45) is 3.37. The van der Waals surface area contributed by atoms with Crippen LogP contribution in [0, 0.1) is 0 Å². The minimum atomic E-state index is -0.0798. The Kier molecular flexibility index (Phi) is 4.93. The van der Waals surface area contributed by atoms with Crippen molar-refractivity contribution in [2.24, 2.45) is 0 Å². The van der Waals surface area contributed by atoms with E-state index in [2.05, 4.69) is 21.2 Å². The average molecular weight is 336 g/mol. The van der Waals surface area contributed by atoms with Gasteiger partial charge in [-0.3, -0.25) is 4.79 Å². The molecule has 1 unspecified atom stereocenters. The number of halogens is 1. The number of hydrogen-bond donors (Lipinski definition) is 1. The third kappa shape index (κ3) is 4.33. The lowest BCUT2D eigenvalue weighted by molar-refractivity contribution is -0.117. The molecule has 0 bridgehead atoms. The quantitative estimate of drug-likeness (QED) is 0.824. The van der Waals surface area contributed by atoms with Crippen LogP contribution < -0.4 is 5.32 Å². The van der Waals surface area contributed by atoms with Gasteiger partial charge in [-0.15, -0.1) is 11.3 Å². The van der Waals surface area contributed by atoms with Crippen molar-refractivity contribution in [1.29, 1.82) is 0 Å². The lowest BCUT2D eigenvalue weighted by Gasteiger charge is -2.09. The zero-order valence-electron chi connectivity index (χ0n) is 10.5. The molecule has 4 heteroatoms. The molecule has 1 atom stereocenters. The number of amides is 1. The Morgan fingerprint density at radius 3 is 2.68 bits per heavy atom. The standard InChI is InChI=1S/C15H14BrNOS/c1-11(14-3-2-10-19-14)17-15(18)9-6-12-4-7-13(16)8-5-12/h2-11H,1H3,(H,17,18)/b9-6+. The fourth-order valence-electron chi connectivity index (χ4n) is 1.62. The molecule has 0 fully saturated rings. The van der Waals surface area contributed by atoms with Crippen molar-refractivity contribution >= 4 is 39.2 Å². The number of rotatable bonds is 4. The molecule has 0 saturated heterocycles. The van der Waals surface area contributed by atoms with Crippen LogP contribution in [-0.2, 0) is 4.79 Å². The first-order valence-corrected chi connectivity index (χ1v) is 7.60. The smallest absolute Gasteiger partial charge is 0.244 e. The molecule has 0 saturated carbocycles. The van der Waals surface area contributed by atoms with Crippen LogP contribution >= 0.6 is 27.3 Å². The van der Waals surface area contributed by atoms with Gasteiger partial charge in [0.2, 0.25) is 5.91 Å². The molecule has 1 amide bonds. The van der Waals surface area contributed by atoms with Gasteiger partial charge in [-0.25, -0.2) is 0 Å². The molecule has 1 N–H and O–H groups in total. The highest BCUT2D eigenvalue weighted by atomic mass is 79.9. The minimum Gasteiger partial charge on any atom is -0.345 e. The number of carbonyl (C=O) groups excluding carboxylic acids is 1. The van der Waals surface area contributed by atoms with E-state index in [1.54, 1.807) is 17.4 Å². The van der Waals surface area contributed by atoms with Gasteiger partial charge in [0.05, 0.1) is 6.04 Å². The Morgan fingerprint density at radius 2 is 2.05 bits per heavy atom. The van der Waals surface area contributed by atoms with E-state index in [1.807, 2.05) is 54.8 Å². The fourth-order valence-corrected chi connectivity index (χ4v) is 2.61. The second-order valence-corrected chi connectivity index (χ2v) is 6.03. The van der Waals surface area contributed by atoms with Crippen LogP contribution in [0.25, 0.3) is 6.08 Å². The molecule has 0 aliphatic rings. The van der Waals surface area contributed by atoms with Gasteiger partial charge in [-0.05, 0) is 42.1 Å². The first kappa shape index (κ1) is 14.0. The second kappa shape index (κ2) is 6.68. The lowest BCUT2D eigenvalue weighted by Crippen LogP contribution is -2.23. The molecule has 19 heavy (non-hydrogen) atoms. The van der Waals surface area contributed by atoms with Gasteiger partial charge in [0.1, 0.15) is 0 Å². The molecule has 1 heterocycles. The molecule has 0 aliphatic heterocycles. The van der Waals surface area contributed by atoms with E-state index in [9.17, 15) is 4.79 Å². The van der Waals surface area contributed by atoms with Crippen LogP contribution in [0.1, 0.15) is 23.4 Å². The molecule has 98 valence electrons. The molecular formula is C15H14BrNOS. The predicted octanol–water partition coefficient (Wildman–Crippen LogP) is 4.40. The first-order chi connectivity index (χ1) is 9.15. The number of hydrogen-bond acceptors (Lipinski definition) is 2. The van der Waals surface area contributed by atoms with Crippen molar-refractivity contribution in [1.82, 2.24) is 5.32 Å². The number of benzene rings is 1. The number of carbonyl (C=O) groups is 1. The molecule has 2 aromatic rings. The second-order valence-electron chi connectivity index (χ2n) is 4.13. The Hall–Kier alpha value is -1.39. The summed E-state index contributed by atoms with van der Waals surface area (Å²) in [7, 11) is 0. The van der Waals surface area contributed by atoms with Crippen molar-refractivity contribution in [2.45, 2.75) is 13.0 Å². The molecule has 0 spiro atoms. The summed E-state index contributed by atoms with van der Waals surface area (Å²) < 4.78 is 1.03. The Bertz CT molecular complexity index is 560. The summed E-state index contributed by atoms with van der Waals surface area (Å²) in [4.78, 5) is 12.9. The number of thiophene rings is 1. The van der Waals surface area contributed by atoms with Gasteiger partial charge in [0.15, 0.2) is 0 Å². The molecule has 0 radical (unpaired) electrons. The summed E-state index contributed by atoms with van der Waals surface area (Å²) >= 11 is 5.02. The maximum absolute atomic E-state index is 11.8. The predicted molar refractivity (Wildman–Crippen MR) is 84.1 cm³/mol. The molecule has 0 aliphatic carbocycles. The third-order valence-electron chi connectivity index (χ3n) is 2.63. The number of nitrogens with one attached hydrogen (secondary N) is 1. The van der Waals surface area contributed by atoms with Crippen LogP contribution in [0.15, 0.2) is 52.3 Å². The van der Waals surface area contributed by atoms with Crippen molar-refractivity contribution in [2.75, 3.05) is 0 Å². The Labute approximate surface area is 125 Å². The van der Waals surface area contributed by atoms with Crippen LogP contribution in [0.5, 0.6) is 0 Å². The molecular weight excluding hydrogens is 322 g/mol. The van der Waals surface area contributed by atoms with Gasteiger partial charge >= 0.3 is 0 Å². The van der Waals surface area contributed by atoms with E-state index in [0.29, 0.717) is 0 Å². The van der Waals surface area contributed by atoms with Crippen LogP contribution in [0.3, 0.4) is 0 Å². The van der Waals surface area contributed by atoms with E-state index in [4.69, 9.17) is 0 Å². The van der Waals surface area contributed by atoms with E-state index < -0.39 is 0 Å². The van der Waals surface area contributed by atoms with E-state index in [1.165, 1.54) is 0 Å². The summed E-state index contributed by atoms with van der Waals surface area (Å²) in [5, 5.41) is 4.95. The maximum Gasteiger partial charge on any atom is 0.244 e. The zero-order chi connectivity index (χ0) is 13.7. The van der Waals surface area contributed by atoms with Crippen LogP contribution in [0.2, 0.25) is 0 Å².